The summed E-state index contributed by atoms with van der Waals surface area (Å²) in [6, 6.07) is 0.810. The molecule has 0 aromatic carbocycles. The number of nitrogens with one attached hydrogen (secondary N) is 1. The summed E-state index contributed by atoms with van der Waals surface area (Å²) >= 11 is 2.75. The SMILES string of the molecule is O=c1[nH]c(Br)cc(C(F)F)c1[N+](=O)[O-]. The fourth-order valence-electron chi connectivity index (χ4n) is 0.894. The number of nitrogens with zero attached hydrogens (tertiary/aromatic N) is 1. The van der Waals surface area contributed by atoms with Gasteiger partial charge in [0.15, 0.2) is 0 Å². The molecule has 0 aliphatic rings. The van der Waals surface area contributed by atoms with Gasteiger partial charge in [-0.15, -0.1) is 0 Å². The lowest BCUT2D eigenvalue weighted by Crippen LogP contribution is -2.14. The van der Waals surface area contributed by atoms with Crippen molar-refractivity contribution in [1.29, 1.82) is 0 Å². The Hall–Kier alpha value is -1.31. The Kier molecular flexibility index (Phi) is 2.94. The van der Waals surface area contributed by atoms with Crippen molar-refractivity contribution in [3.05, 3.63) is 36.7 Å². The van der Waals surface area contributed by atoms with Gasteiger partial charge in [-0.1, -0.05) is 0 Å². The van der Waals surface area contributed by atoms with Gasteiger partial charge in [0.25, 0.3) is 6.43 Å². The number of aromatic amines is 1. The molecule has 1 heterocycles. The highest BCUT2D eigenvalue weighted by molar-refractivity contribution is 9.10. The van der Waals surface area contributed by atoms with Crippen LogP contribution >= 0.6 is 15.9 Å². The van der Waals surface area contributed by atoms with Gasteiger partial charge in [-0.05, 0) is 22.0 Å². The van der Waals surface area contributed by atoms with Crippen LogP contribution in [0.15, 0.2) is 15.5 Å². The summed E-state index contributed by atoms with van der Waals surface area (Å²) in [6.07, 6.45) is -3.06. The Labute approximate surface area is 84.0 Å². The first-order valence-electron chi connectivity index (χ1n) is 3.28. The number of H-pyrrole nitrogens is 1. The number of hydrogen-bond donors (Lipinski definition) is 1. The lowest BCUT2D eigenvalue weighted by Gasteiger charge is -2.00. The van der Waals surface area contributed by atoms with E-state index in [1.165, 1.54) is 0 Å². The van der Waals surface area contributed by atoms with Crippen LogP contribution in [0.5, 0.6) is 0 Å². The van der Waals surface area contributed by atoms with Crippen LogP contribution in [0.2, 0.25) is 0 Å². The molecular weight excluding hydrogens is 266 g/mol. The molecule has 0 unspecified atom stereocenters. The maximum Gasteiger partial charge on any atom is 0.342 e. The summed E-state index contributed by atoms with van der Waals surface area (Å²) < 4.78 is 24.5. The van der Waals surface area contributed by atoms with Crippen LogP contribution in [0.3, 0.4) is 0 Å². The first-order chi connectivity index (χ1) is 6.43. The Morgan fingerprint density at radius 1 is 1.57 bits per heavy atom. The molecule has 5 nitrogen and oxygen atoms in total. The maximum atomic E-state index is 12.3. The van der Waals surface area contributed by atoms with Crippen LogP contribution in [0.4, 0.5) is 14.5 Å². The number of rotatable bonds is 2. The third-order valence-electron chi connectivity index (χ3n) is 1.42. The highest BCUT2D eigenvalue weighted by atomic mass is 79.9. The summed E-state index contributed by atoms with van der Waals surface area (Å²) in [5.74, 6) is 0. The standard InChI is InChI=1S/C6H3BrF2N2O3/c7-3-1-2(5(8)9)4(11(13)14)6(12)10-3/h1,5H,(H,10,12). The van der Waals surface area contributed by atoms with Crippen molar-refractivity contribution in [3.8, 4) is 0 Å². The fourth-order valence-corrected chi connectivity index (χ4v) is 1.32. The van der Waals surface area contributed by atoms with E-state index in [9.17, 15) is 23.7 Å². The van der Waals surface area contributed by atoms with E-state index in [0.717, 1.165) is 6.07 Å². The number of alkyl halides is 2. The van der Waals surface area contributed by atoms with Crippen molar-refractivity contribution < 1.29 is 13.7 Å². The number of aromatic nitrogens is 1. The average Bonchev–Trinajstić information content (AvgIpc) is 2.01. The Bertz CT molecular complexity index is 432. The van der Waals surface area contributed by atoms with Gasteiger partial charge >= 0.3 is 11.2 Å². The van der Waals surface area contributed by atoms with E-state index in [-0.39, 0.29) is 4.60 Å². The first-order valence-corrected chi connectivity index (χ1v) is 4.08. The molecule has 1 rings (SSSR count). The van der Waals surface area contributed by atoms with Crippen LogP contribution in [0, 0.1) is 10.1 Å². The van der Waals surface area contributed by atoms with Crippen molar-refractivity contribution >= 4 is 21.6 Å². The van der Waals surface area contributed by atoms with E-state index < -0.39 is 28.2 Å². The molecule has 0 saturated heterocycles. The van der Waals surface area contributed by atoms with Crippen LogP contribution in [-0.4, -0.2) is 9.91 Å². The highest BCUT2D eigenvalue weighted by Gasteiger charge is 2.26. The normalized spacial score (nSPS) is 10.6. The lowest BCUT2D eigenvalue weighted by atomic mass is 10.2. The first kappa shape index (κ1) is 10.8. The molecule has 0 radical (unpaired) electrons. The topological polar surface area (TPSA) is 76.0 Å². The summed E-state index contributed by atoms with van der Waals surface area (Å²) in [4.78, 5) is 22.1. The van der Waals surface area contributed by atoms with Gasteiger partial charge in [0.1, 0.15) is 5.56 Å². The average molecular weight is 269 g/mol. The van der Waals surface area contributed by atoms with E-state index in [2.05, 4.69) is 15.9 Å². The van der Waals surface area contributed by atoms with Crippen LogP contribution in [0.1, 0.15) is 12.0 Å². The minimum Gasteiger partial charge on any atom is -0.311 e. The molecule has 0 fully saturated rings. The van der Waals surface area contributed by atoms with E-state index in [1.54, 1.807) is 0 Å². The zero-order valence-electron chi connectivity index (χ0n) is 6.46. The Balaban J connectivity index is 3.53. The third kappa shape index (κ3) is 1.95. The molecule has 76 valence electrons. The van der Waals surface area contributed by atoms with E-state index >= 15 is 0 Å². The zero-order valence-corrected chi connectivity index (χ0v) is 8.05. The Morgan fingerprint density at radius 2 is 2.14 bits per heavy atom. The molecule has 0 spiro atoms. The van der Waals surface area contributed by atoms with Gasteiger partial charge in [-0.2, -0.15) is 0 Å². The van der Waals surface area contributed by atoms with Gasteiger partial charge in [-0.25, -0.2) is 8.78 Å². The van der Waals surface area contributed by atoms with Crippen molar-refractivity contribution in [1.82, 2.24) is 4.98 Å². The predicted molar refractivity (Wildman–Crippen MR) is 46.4 cm³/mol. The maximum absolute atomic E-state index is 12.3. The molecule has 14 heavy (non-hydrogen) atoms. The molecule has 0 bridgehead atoms. The molecule has 1 N–H and O–H groups in total. The minimum absolute atomic E-state index is 0.0246. The second-order valence-electron chi connectivity index (χ2n) is 2.31. The second kappa shape index (κ2) is 3.82. The van der Waals surface area contributed by atoms with Crippen LogP contribution in [-0.2, 0) is 0 Å². The van der Waals surface area contributed by atoms with Crippen LogP contribution < -0.4 is 5.56 Å². The zero-order chi connectivity index (χ0) is 10.9. The highest BCUT2D eigenvalue weighted by Crippen LogP contribution is 2.27. The largest absolute Gasteiger partial charge is 0.342 e. The van der Waals surface area contributed by atoms with Crippen molar-refractivity contribution in [3.63, 3.8) is 0 Å². The predicted octanol–water partition coefficient (Wildman–Crippen LogP) is 1.98. The molecular formula is C6H3BrF2N2O3. The lowest BCUT2D eigenvalue weighted by molar-refractivity contribution is -0.387. The summed E-state index contributed by atoms with van der Waals surface area (Å²) in [7, 11) is 0. The number of hydrogen-bond acceptors (Lipinski definition) is 3. The third-order valence-corrected chi connectivity index (χ3v) is 1.85. The van der Waals surface area contributed by atoms with E-state index in [0.29, 0.717) is 0 Å². The van der Waals surface area contributed by atoms with Gasteiger partial charge in [-0.3, -0.25) is 14.9 Å². The molecule has 0 saturated carbocycles. The quantitative estimate of drug-likeness (QED) is 0.506. The minimum atomic E-state index is -3.06. The summed E-state index contributed by atoms with van der Waals surface area (Å²) in [5, 5.41) is 10.3. The van der Waals surface area contributed by atoms with Gasteiger partial charge in [0, 0.05) is 0 Å². The summed E-state index contributed by atoms with van der Waals surface area (Å²) in [6.45, 7) is 0. The van der Waals surface area contributed by atoms with Crippen molar-refractivity contribution in [2.75, 3.05) is 0 Å². The summed E-state index contributed by atoms with van der Waals surface area (Å²) in [5.41, 5.74) is -3.17. The molecule has 1 aromatic heterocycles. The Morgan fingerprint density at radius 3 is 2.57 bits per heavy atom. The molecule has 0 aliphatic carbocycles. The van der Waals surface area contributed by atoms with Gasteiger partial charge < -0.3 is 4.98 Å². The molecule has 8 heteroatoms. The molecule has 1 aromatic rings. The van der Waals surface area contributed by atoms with E-state index in [4.69, 9.17) is 0 Å². The smallest absolute Gasteiger partial charge is 0.311 e. The van der Waals surface area contributed by atoms with Crippen molar-refractivity contribution in [2.45, 2.75) is 6.43 Å². The second-order valence-corrected chi connectivity index (χ2v) is 3.16. The monoisotopic (exact) mass is 268 g/mol. The van der Waals surface area contributed by atoms with Gasteiger partial charge in [0.05, 0.1) is 9.53 Å². The molecule has 0 atom stereocenters. The number of nitro groups is 1. The van der Waals surface area contributed by atoms with E-state index in [1.807, 2.05) is 4.98 Å². The number of halogens is 3. The molecule has 0 amide bonds. The van der Waals surface area contributed by atoms with Crippen LogP contribution in [0.25, 0.3) is 0 Å². The van der Waals surface area contributed by atoms with Crippen molar-refractivity contribution in [2.24, 2.45) is 0 Å². The molecule has 0 aliphatic heterocycles. The van der Waals surface area contributed by atoms with Gasteiger partial charge in [0.2, 0.25) is 0 Å². The number of pyridine rings is 1. The fraction of sp³-hybridized carbons (Fsp3) is 0.167.